The SMILES string of the molecule is CNC(=S)Nc1ccc([O-])cc1. The minimum absolute atomic E-state index is 0.00377. The summed E-state index contributed by atoms with van der Waals surface area (Å²) >= 11 is 4.87. The van der Waals surface area contributed by atoms with Gasteiger partial charge in [0.05, 0.1) is 0 Å². The van der Waals surface area contributed by atoms with Crippen LogP contribution in [0.3, 0.4) is 0 Å². The number of thiocarbonyl (C=S) groups is 1. The molecule has 0 bridgehead atoms. The van der Waals surface area contributed by atoms with Gasteiger partial charge < -0.3 is 15.7 Å². The average molecular weight is 181 g/mol. The van der Waals surface area contributed by atoms with Gasteiger partial charge in [-0.3, -0.25) is 0 Å². The number of hydrogen-bond acceptors (Lipinski definition) is 2. The first kappa shape index (κ1) is 8.80. The van der Waals surface area contributed by atoms with Crippen LogP contribution in [0.1, 0.15) is 0 Å². The summed E-state index contributed by atoms with van der Waals surface area (Å²) in [5.74, 6) is -0.00377. The van der Waals surface area contributed by atoms with Crippen LogP contribution >= 0.6 is 12.2 Å². The quantitative estimate of drug-likeness (QED) is 0.625. The number of nitrogens with one attached hydrogen (secondary N) is 2. The first-order valence-electron chi connectivity index (χ1n) is 3.48. The van der Waals surface area contributed by atoms with E-state index in [2.05, 4.69) is 10.6 Å². The predicted octanol–water partition coefficient (Wildman–Crippen LogP) is 0.676. The molecule has 0 aliphatic carbocycles. The highest BCUT2D eigenvalue weighted by Gasteiger charge is 1.91. The zero-order chi connectivity index (χ0) is 8.97. The van der Waals surface area contributed by atoms with Gasteiger partial charge in [0.25, 0.3) is 0 Å². The van der Waals surface area contributed by atoms with Crippen molar-refractivity contribution in [3.05, 3.63) is 24.3 Å². The Morgan fingerprint density at radius 2 is 1.92 bits per heavy atom. The third-order valence-electron chi connectivity index (χ3n) is 1.34. The fraction of sp³-hybridized carbons (Fsp3) is 0.125. The molecule has 4 heteroatoms. The second kappa shape index (κ2) is 3.92. The monoisotopic (exact) mass is 181 g/mol. The van der Waals surface area contributed by atoms with Crippen molar-refractivity contribution in [3.8, 4) is 5.75 Å². The van der Waals surface area contributed by atoms with Gasteiger partial charge in [0.1, 0.15) is 0 Å². The van der Waals surface area contributed by atoms with E-state index >= 15 is 0 Å². The summed E-state index contributed by atoms with van der Waals surface area (Å²) in [6.07, 6.45) is 0. The molecule has 0 atom stereocenters. The minimum Gasteiger partial charge on any atom is -0.872 e. The van der Waals surface area contributed by atoms with Gasteiger partial charge in [-0.25, -0.2) is 0 Å². The van der Waals surface area contributed by atoms with E-state index in [4.69, 9.17) is 12.2 Å². The van der Waals surface area contributed by atoms with Gasteiger partial charge >= 0.3 is 0 Å². The Balaban J connectivity index is 2.64. The van der Waals surface area contributed by atoms with Crippen LogP contribution in [0.4, 0.5) is 5.69 Å². The maximum absolute atomic E-state index is 10.7. The van der Waals surface area contributed by atoms with Crippen LogP contribution in [-0.4, -0.2) is 12.2 Å². The van der Waals surface area contributed by atoms with E-state index in [1.807, 2.05) is 0 Å². The Morgan fingerprint density at radius 1 is 1.33 bits per heavy atom. The summed E-state index contributed by atoms with van der Waals surface area (Å²) in [6, 6.07) is 6.35. The largest absolute Gasteiger partial charge is 0.872 e. The second-order valence-corrected chi connectivity index (χ2v) is 2.64. The maximum atomic E-state index is 10.7. The lowest BCUT2D eigenvalue weighted by molar-refractivity contribution is -0.268. The molecule has 0 saturated heterocycles. The smallest absolute Gasteiger partial charge is 0.170 e. The molecule has 1 aromatic rings. The molecule has 0 aliphatic rings. The first-order valence-corrected chi connectivity index (χ1v) is 3.89. The van der Waals surface area contributed by atoms with Crippen molar-refractivity contribution in [1.82, 2.24) is 5.32 Å². The van der Waals surface area contributed by atoms with E-state index in [-0.39, 0.29) is 5.75 Å². The van der Waals surface area contributed by atoms with Crippen LogP contribution in [0.25, 0.3) is 0 Å². The Morgan fingerprint density at radius 3 is 2.42 bits per heavy atom. The Labute approximate surface area is 76.4 Å². The van der Waals surface area contributed by atoms with Crippen molar-refractivity contribution in [2.24, 2.45) is 0 Å². The van der Waals surface area contributed by atoms with Crippen LogP contribution < -0.4 is 15.7 Å². The van der Waals surface area contributed by atoms with Gasteiger partial charge in [0.2, 0.25) is 0 Å². The molecular formula is C8H9N2OS-. The van der Waals surface area contributed by atoms with E-state index in [0.717, 1.165) is 5.69 Å². The van der Waals surface area contributed by atoms with Crippen molar-refractivity contribution in [2.45, 2.75) is 0 Å². The van der Waals surface area contributed by atoms with E-state index < -0.39 is 0 Å². The third kappa shape index (κ3) is 2.39. The molecule has 2 N–H and O–H groups in total. The number of rotatable bonds is 1. The molecular weight excluding hydrogens is 172 g/mol. The highest BCUT2D eigenvalue weighted by atomic mass is 32.1. The zero-order valence-corrected chi connectivity index (χ0v) is 7.44. The number of hydrogen-bond donors (Lipinski definition) is 2. The summed E-state index contributed by atoms with van der Waals surface area (Å²) in [7, 11) is 1.73. The standard InChI is InChI=1S/C8H10N2OS/c1-9-8(12)10-6-2-4-7(11)5-3-6/h2-5,11H,1H3,(H2,9,10,12)/p-1. The Hall–Kier alpha value is -1.29. The molecule has 0 fully saturated rings. The molecule has 0 unspecified atom stereocenters. The Bertz CT molecular complexity index is 271. The zero-order valence-electron chi connectivity index (χ0n) is 6.63. The van der Waals surface area contributed by atoms with Crippen molar-refractivity contribution in [1.29, 1.82) is 0 Å². The normalized spacial score (nSPS) is 9.08. The summed E-state index contributed by atoms with van der Waals surface area (Å²) in [5.41, 5.74) is 0.814. The van der Waals surface area contributed by atoms with Gasteiger partial charge in [-0.2, -0.15) is 0 Å². The number of anilines is 1. The van der Waals surface area contributed by atoms with Gasteiger partial charge in [-0.1, -0.05) is 12.1 Å². The Kier molecular flexibility index (Phi) is 2.88. The lowest BCUT2D eigenvalue weighted by Crippen LogP contribution is -2.23. The van der Waals surface area contributed by atoms with Gasteiger partial charge in [-0.15, -0.1) is 5.75 Å². The van der Waals surface area contributed by atoms with Crippen LogP contribution in [0, 0.1) is 0 Å². The van der Waals surface area contributed by atoms with E-state index in [1.165, 1.54) is 12.1 Å². The average Bonchev–Trinajstić information content (AvgIpc) is 2.09. The van der Waals surface area contributed by atoms with E-state index in [1.54, 1.807) is 19.2 Å². The molecule has 12 heavy (non-hydrogen) atoms. The summed E-state index contributed by atoms with van der Waals surface area (Å²) < 4.78 is 0. The van der Waals surface area contributed by atoms with Crippen molar-refractivity contribution < 1.29 is 5.11 Å². The third-order valence-corrected chi connectivity index (χ3v) is 1.65. The lowest BCUT2D eigenvalue weighted by atomic mass is 10.3. The summed E-state index contributed by atoms with van der Waals surface area (Å²) in [4.78, 5) is 0. The molecule has 0 heterocycles. The van der Waals surface area contributed by atoms with Gasteiger partial charge in [0, 0.05) is 12.7 Å². The fourth-order valence-corrected chi connectivity index (χ4v) is 0.850. The molecule has 1 rings (SSSR count). The minimum atomic E-state index is -0.00377. The molecule has 0 aliphatic heterocycles. The molecule has 64 valence electrons. The van der Waals surface area contributed by atoms with Crippen molar-refractivity contribution in [2.75, 3.05) is 12.4 Å². The fourth-order valence-electron chi connectivity index (χ4n) is 0.732. The highest BCUT2D eigenvalue weighted by Crippen LogP contribution is 2.10. The first-order chi connectivity index (χ1) is 5.72. The molecule has 0 spiro atoms. The molecule has 0 radical (unpaired) electrons. The van der Waals surface area contributed by atoms with Gasteiger partial charge in [0.15, 0.2) is 5.11 Å². The lowest BCUT2D eigenvalue weighted by Gasteiger charge is -2.09. The van der Waals surface area contributed by atoms with Gasteiger partial charge in [-0.05, 0) is 24.4 Å². The maximum Gasteiger partial charge on any atom is 0.170 e. The summed E-state index contributed by atoms with van der Waals surface area (Å²) in [5, 5.41) is 16.9. The van der Waals surface area contributed by atoms with E-state index in [9.17, 15) is 5.11 Å². The molecule has 1 aromatic carbocycles. The van der Waals surface area contributed by atoms with Crippen LogP contribution in [0.5, 0.6) is 5.75 Å². The van der Waals surface area contributed by atoms with Crippen molar-refractivity contribution in [3.63, 3.8) is 0 Å². The van der Waals surface area contributed by atoms with E-state index in [0.29, 0.717) is 5.11 Å². The van der Waals surface area contributed by atoms with Crippen LogP contribution in [0.2, 0.25) is 0 Å². The van der Waals surface area contributed by atoms with Crippen molar-refractivity contribution >= 4 is 23.0 Å². The molecule has 0 amide bonds. The molecule has 3 nitrogen and oxygen atoms in total. The molecule has 0 saturated carbocycles. The molecule has 0 aromatic heterocycles. The van der Waals surface area contributed by atoms with Crippen LogP contribution in [-0.2, 0) is 0 Å². The number of benzene rings is 1. The second-order valence-electron chi connectivity index (χ2n) is 2.23. The van der Waals surface area contributed by atoms with Crippen LogP contribution in [0.15, 0.2) is 24.3 Å². The summed E-state index contributed by atoms with van der Waals surface area (Å²) in [6.45, 7) is 0. The topological polar surface area (TPSA) is 47.1 Å². The predicted molar refractivity (Wildman–Crippen MR) is 51.2 cm³/mol. The highest BCUT2D eigenvalue weighted by molar-refractivity contribution is 7.80.